The topological polar surface area (TPSA) is 76.4 Å². The van der Waals surface area contributed by atoms with Crippen molar-refractivity contribution in [2.75, 3.05) is 38.2 Å². The first-order chi connectivity index (χ1) is 14.9. The number of benzene rings is 1. The van der Waals surface area contributed by atoms with Crippen LogP contribution >= 0.6 is 0 Å². The van der Waals surface area contributed by atoms with Crippen LogP contribution in [-0.4, -0.2) is 63.6 Å². The number of hydrogen-bond acceptors (Lipinski definition) is 6. The summed E-state index contributed by atoms with van der Waals surface area (Å²) in [5.74, 6) is 1.65. The minimum Gasteiger partial charge on any atom is -0.494 e. The summed E-state index contributed by atoms with van der Waals surface area (Å²) in [5.41, 5.74) is 2.31. The second-order valence-corrected chi connectivity index (χ2v) is 7.55. The summed E-state index contributed by atoms with van der Waals surface area (Å²) in [5, 5.41) is 0. The lowest BCUT2D eigenvalue weighted by molar-refractivity contribution is 0.0746. The van der Waals surface area contributed by atoms with Crippen molar-refractivity contribution in [2.24, 2.45) is 0 Å². The van der Waals surface area contributed by atoms with Crippen molar-refractivity contribution < 1.29 is 13.9 Å². The van der Waals surface area contributed by atoms with Gasteiger partial charge in [0, 0.05) is 43.5 Å². The molecule has 1 fully saturated rings. The quantitative estimate of drug-likeness (QED) is 0.641. The summed E-state index contributed by atoms with van der Waals surface area (Å²) >= 11 is 0. The first kappa shape index (κ1) is 20.8. The van der Waals surface area contributed by atoms with Crippen molar-refractivity contribution in [1.29, 1.82) is 0 Å². The van der Waals surface area contributed by atoms with Crippen LogP contribution in [0, 0.1) is 26.6 Å². The summed E-state index contributed by atoms with van der Waals surface area (Å²) in [6.45, 7) is 8.13. The average Bonchev–Trinajstić information content (AvgIpc) is 3.11. The lowest BCUT2D eigenvalue weighted by Gasteiger charge is -2.35. The van der Waals surface area contributed by atoms with E-state index in [0.717, 1.165) is 23.0 Å². The molecule has 3 heterocycles. The van der Waals surface area contributed by atoms with Crippen LogP contribution in [0.4, 0.5) is 10.2 Å². The van der Waals surface area contributed by atoms with Crippen molar-refractivity contribution in [2.45, 2.75) is 20.8 Å². The fourth-order valence-electron chi connectivity index (χ4n) is 3.67. The predicted molar refractivity (Wildman–Crippen MR) is 114 cm³/mol. The van der Waals surface area contributed by atoms with Gasteiger partial charge in [0.2, 0.25) is 0 Å². The molecule has 0 spiro atoms. The summed E-state index contributed by atoms with van der Waals surface area (Å²) in [6.07, 6.45) is 1.76. The number of halogens is 1. The molecule has 0 N–H and O–H groups in total. The number of amides is 1. The number of aromatic nitrogens is 4. The Morgan fingerprint density at radius 3 is 2.35 bits per heavy atom. The van der Waals surface area contributed by atoms with Gasteiger partial charge in [-0.2, -0.15) is 0 Å². The Labute approximate surface area is 180 Å². The van der Waals surface area contributed by atoms with Gasteiger partial charge in [-0.05, 0) is 39.0 Å². The van der Waals surface area contributed by atoms with Crippen molar-refractivity contribution in [1.82, 2.24) is 24.4 Å². The Hall–Kier alpha value is -3.49. The molecule has 1 amide bonds. The molecule has 1 aliphatic heterocycles. The smallest absolute Gasteiger partial charge is 0.254 e. The molecular weight excluding hydrogens is 399 g/mol. The predicted octanol–water partition coefficient (Wildman–Crippen LogP) is 2.70. The second kappa shape index (κ2) is 8.33. The van der Waals surface area contributed by atoms with Gasteiger partial charge in [0.25, 0.3) is 5.91 Å². The van der Waals surface area contributed by atoms with Gasteiger partial charge < -0.3 is 14.5 Å². The highest BCUT2D eigenvalue weighted by Crippen LogP contribution is 2.22. The highest BCUT2D eigenvalue weighted by molar-refractivity contribution is 5.94. The number of methoxy groups -OCH3 is 1. The molecule has 0 bridgehead atoms. The van der Waals surface area contributed by atoms with E-state index in [9.17, 15) is 9.18 Å². The fourth-order valence-corrected chi connectivity index (χ4v) is 3.67. The van der Waals surface area contributed by atoms with Crippen LogP contribution in [0.1, 0.15) is 27.6 Å². The van der Waals surface area contributed by atoms with E-state index in [0.29, 0.717) is 37.6 Å². The third kappa shape index (κ3) is 4.08. The maximum atomic E-state index is 14.0. The van der Waals surface area contributed by atoms with E-state index in [1.807, 2.05) is 31.4 Å². The molecule has 4 rings (SSSR count). The molecule has 0 aliphatic carbocycles. The maximum Gasteiger partial charge on any atom is 0.254 e. The number of carbonyl (C=O) groups excluding carboxylic acids is 1. The van der Waals surface area contributed by atoms with Crippen molar-refractivity contribution in [3.05, 3.63) is 59.2 Å². The third-order valence-corrected chi connectivity index (χ3v) is 5.60. The Morgan fingerprint density at radius 1 is 1.03 bits per heavy atom. The van der Waals surface area contributed by atoms with Gasteiger partial charge in [-0.25, -0.2) is 19.3 Å². The van der Waals surface area contributed by atoms with Gasteiger partial charge in [-0.15, -0.1) is 0 Å². The normalized spacial score (nSPS) is 14.1. The number of aryl methyl sites for hydroxylation is 2. The Bertz CT molecular complexity index is 1120. The molecule has 1 aromatic carbocycles. The number of imidazole rings is 1. The van der Waals surface area contributed by atoms with E-state index >= 15 is 0 Å². The van der Waals surface area contributed by atoms with Gasteiger partial charge >= 0.3 is 0 Å². The van der Waals surface area contributed by atoms with Gasteiger partial charge in [0.05, 0.1) is 12.8 Å². The monoisotopic (exact) mass is 424 g/mol. The van der Waals surface area contributed by atoms with E-state index in [1.54, 1.807) is 17.3 Å². The zero-order valence-corrected chi connectivity index (χ0v) is 18.1. The van der Waals surface area contributed by atoms with Gasteiger partial charge in [-0.1, -0.05) is 0 Å². The molecule has 1 aliphatic rings. The minimum atomic E-state index is -0.541. The molecule has 3 aromatic rings. The SMILES string of the molecule is COc1ccc(C(=O)N2CCN(c3cc(-n4cnc(C)c4C)nc(C)n3)CC2)cc1F. The lowest BCUT2D eigenvalue weighted by Crippen LogP contribution is -2.49. The fraction of sp³-hybridized carbons (Fsp3) is 0.364. The van der Waals surface area contributed by atoms with Crippen LogP contribution in [-0.2, 0) is 0 Å². The number of nitrogens with zero attached hydrogens (tertiary/aromatic N) is 6. The highest BCUT2D eigenvalue weighted by atomic mass is 19.1. The number of carbonyl (C=O) groups is 1. The minimum absolute atomic E-state index is 0.125. The van der Waals surface area contributed by atoms with Gasteiger partial charge in [0.1, 0.15) is 23.8 Å². The largest absolute Gasteiger partial charge is 0.494 e. The number of ether oxygens (including phenoxy) is 1. The van der Waals surface area contributed by atoms with Crippen molar-refractivity contribution >= 4 is 11.7 Å². The van der Waals surface area contributed by atoms with E-state index in [2.05, 4.69) is 19.9 Å². The molecule has 2 aromatic heterocycles. The number of anilines is 1. The zero-order chi connectivity index (χ0) is 22.1. The van der Waals surface area contributed by atoms with Gasteiger partial charge in [-0.3, -0.25) is 9.36 Å². The van der Waals surface area contributed by atoms with Crippen LogP contribution in [0.15, 0.2) is 30.6 Å². The number of rotatable bonds is 4. The van der Waals surface area contributed by atoms with Gasteiger partial charge in [0.15, 0.2) is 11.6 Å². The summed E-state index contributed by atoms with van der Waals surface area (Å²) < 4.78 is 20.9. The molecule has 0 unspecified atom stereocenters. The maximum absolute atomic E-state index is 14.0. The summed E-state index contributed by atoms with van der Waals surface area (Å²) in [4.78, 5) is 30.2. The molecule has 9 heteroatoms. The zero-order valence-electron chi connectivity index (χ0n) is 18.1. The first-order valence-electron chi connectivity index (χ1n) is 10.1. The molecule has 8 nitrogen and oxygen atoms in total. The van der Waals surface area contributed by atoms with E-state index in [4.69, 9.17) is 4.74 Å². The highest BCUT2D eigenvalue weighted by Gasteiger charge is 2.24. The van der Waals surface area contributed by atoms with Crippen LogP contribution in [0.2, 0.25) is 0 Å². The lowest BCUT2D eigenvalue weighted by atomic mass is 10.1. The van der Waals surface area contributed by atoms with E-state index in [1.165, 1.54) is 19.2 Å². The molecule has 0 atom stereocenters. The summed E-state index contributed by atoms with van der Waals surface area (Å²) in [6, 6.07) is 6.23. The summed E-state index contributed by atoms with van der Waals surface area (Å²) in [7, 11) is 1.40. The van der Waals surface area contributed by atoms with Crippen molar-refractivity contribution in [3.63, 3.8) is 0 Å². The number of hydrogen-bond donors (Lipinski definition) is 0. The standard InChI is InChI=1S/C22H25FN6O2/c1-14-15(2)29(13-24-14)21-12-20(25-16(3)26-21)27-7-9-28(10-8-27)22(30)17-5-6-19(31-4)18(23)11-17/h5-6,11-13H,7-10H2,1-4H3. The molecule has 0 saturated carbocycles. The third-order valence-electron chi connectivity index (χ3n) is 5.60. The Balaban J connectivity index is 1.48. The first-order valence-corrected chi connectivity index (χ1v) is 10.1. The second-order valence-electron chi connectivity index (χ2n) is 7.55. The van der Waals surface area contributed by atoms with Crippen LogP contribution in [0.3, 0.4) is 0 Å². The number of piperazine rings is 1. The van der Waals surface area contributed by atoms with Crippen LogP contribution in [0.25, 0.3) is 5.82 Å². The molecular formula is C22H25FN6O2. The Morgan fingerprint density at radius 2 is 1.74 bits per heavy atom. The van der Waals surface area contributed by atoms with Crippen molar-refractivity contribution in [3.8, 4) is 11.6 Å². The van der Waals surface area contributed by atoms with Crippen LogP contribution < -0.4 is 9.64 Å². The van der Waals surface area contributed by atoms with E-state index in [-0.39, 0.29) is 11.7 Å². The Kier molecular flexibility index (Phi) is 5.58. The molecule has 31 heavy (non-hydrogen) atoms. The average molecular weight is 424 g/mol. The molecule has 162 valence electrons. The molecule has 1 saturated heterocycles. The van der Waals surface area contributed by atoms with Crippen LogP contribution in [0.5, 0.6) is 5.75 Å². The van der Waals surface area contributed by atoms with E-state index < -0.39 is 5.82 Å². The molecule has 0 radical (unpaired) electrons.